The van der Waals surface area contributed by atoms with Crippen molar-refractivity contribution < 1.29 is 4.79 Å². The van der Waals surface area contributed by atoms with Crippen LogP contribution in [-0.2, 0) is 0 Å². The van der Waals surface area contributed by atoms with Crippen LogP contribution in [0.25, 0.3) is 5.69 Å². The molecule has 0 fully saturated rings. The first-order valence-electron chi connectivity index (χ1n) is 4.22. The Balaban J connectivity index is 2.58. The second-order valence-electron chi connectivity index (χ2n) is 3.05. The van der Waals surface area contributed by atoms with Crippen LogP contribution in [-0.4, -0.2) is 21.1 Å². The lowest BCUT2D eigenvalue weighted by molar-refractivity contribution is 0.112. The van der Waals surface area contributed by atoms with Gasteiger partial charge in [0.15, 0.2) is 6.29 Å². The van der Waals surface area contributed by atoms with Crippen molar-refractivity contribution >= 4 is 6.29 Å². The maximum atomic E-state index is 10.8. The molecule has 1 aromatic heterocycles. The van der Waals surface area contributed by atoms with E-state index in [-0.39, 0.29) is 0 Å². The van der Waals surface area contributed by atoms with Crippen LogP contribution in [0, 0.1) is 6.92 Å². The first-order valence-corrected chi connectivity index (χ1v) is 4.22. The van der Waals surface area contributed by atoms with Gasteiger partial charge in [-0.1, -0.05) is 11.6 Å². The van der Waals surface area contributed by atoms with Crippen LogP contribution in [0.2, 0.25) is 0 Å². The highest BCUT2D eigenvalue weighted by molar-refractivity contribution is 5.81. The summed E-state index contributed by atoms with van der Waals surface area (Å²) < 4.78 is 1.71. The fraction of sp³-hybridized carbons (Fsp3) is 0.100. The Kier molecular flexibility index (Phi) is 2.10. The van der Waals surface area contributed by atoms with Crippen LogP contribution in [0.3, 0.4) is 0 Å². The molecule has 0 N–H and O–H groups in total. The maximum Gasteiger partial charge on any atom is 0.152 e. The smallest absolute Gasteiger partial charge is 0.152 e. The summed E-state index contributed by atoms with van der Waals surface area (Å²) in [6.45, 7) is 1.95. The highest BCUT2D eigenvalue weighted by Crippen LogP contribution is 2.13. The highest BCUT2D eigenvalue weighted by atomic mass is 16.1. The third kappa shape index (κ3) is 1.42. The van der Waals surface area contributed by atoms with Gasteiger partial charge in [-0.3, -0.25) is 9.36 Å². The Bertz CT molecular complexity index is 448. The number of aryl methyl sites for hydroxylation is 1. The Morgan fingerprint density at radius 2 is 2.00 bits per heavy atom. The second kappa shape index (κ2) is 3.41. The molecule has 0 aliphatic carbocycles. The van der Waals surface area contributed by atoms with E-state index < -0.39 is 0 Å². The molecule has 1 aromatic carbocycles. The standard InChI is InChI=1S/C10H9N3O/c1-8-2-3-10(9(4-8)5-14)13-6-11-12-7-13/h2-7H,1H3. The minimum absolute atomic E-state index is 0.643. The van der Waals surface area contributed by atoms with Crippen molar-refractivity contribution in [3.63, 3.8) is 0 Å². The lowest BCUT2D eigenvalue weighted by Crippen LogP contribution is -1.96. The molecule has 0 spiro atoms. The summed E-state index contributed by atoms with van der Waals surface area (Å²) in [7, 11) is 0. The molecule has 0 aliphatic rings. The van der Waals surface area contributed by atoms with Gasteiger partial charge in [0.2, 0.25) is 0 Å². The molecule has 2 aromatic rings. The van der Waals surface area contributed by atoms with Gasteiger partial charge in [-0.15, -0.1) is 10.2 Å². The van der Waals surface area contributed by atoms with Crippen LogP contribution in [0.4, 0.5) is 0 Å². The lowest BCUT2D eigenvalue weighted by Gasteiger charge is -2.04. The topological polar surface area (TPSA) is 47.8 Å². The van der Waals surface area contributed by atoms with Crippen molar-refractivity contribution in [2.75, 3.05) is 0 Å². The molecule has 2 rings (SSSR count). The number of aldehydes is 1. The Morgan fingerprint density at radius 1 is 1.29 bits per heavy atom. The minimum atomic E-state index is 0.643. The first-order chi connectivity index (χ1) is 6.81. The minimum Gasteiger partial charge on any atom is -0.298 e. The highest BCUT2D eigenvalue weighted by Gasteiger charge is 2.03. The maximum absolute atomic E-state index is 10.8. The number of hydrogen-bond acceptors (Lipinski definition) is 3. The number of nitrogens with zero attached hydrogens (tertiary/aromatic N) is 3. The van der Waals surface area contributed by atoms with Gasteiger partial charge in [-0.2, -0.15) is 0 Å². The molecule has 0 bridgehead atoms. The summed E-state index contributed by atoms with van der Waals surface area (Å²) in [5.74, 6) is 0. The predicted octanol–water partition coefficient (Wildman–Crippen LogP) is 1.39. The first kappa shape index (κ1) is 8.62. The van der Waals surface area contributed by atoms with Crippen molar-refractivity contribution in [2.24, 2.45) is 0 Å². The van der Waals surface area contributed by atoms with Gasteiger partial charge in [0.05, 0.1) is 5.69 Å². The number of carbonyl (C=O) groups is 1. The summed E-state index contributed by atoms with van der Waals surface area (Å²) in [6.07, 6.45) is 3.97. The van der Waals surface area contributed by atoms with Gasteiger partial charge >= 0.3 is 0 Å². The van der Waals surface area contributed by atoms with Crippen molar-refractivity contribution in [1.82, 2.24) is 14.8 Å². The van der Waals surface area contributed by atoms with E-state index in [2.05, 4.69) is 10.2 Å². The van der Waals surface area contributed by atoms with Gasteiger partial charge in [0.25, 0.3) is 0 Å². The molecular formula is C10H9N3O. The van der Waals surface area contributed by atoms with Gasteiger partial charge in [0.1, 0.15) is 12.7 Å². The molecule has 1 heterocycles. The molecule has 0 atom stereocenters. The van der Waals surface area contributed by atoms with E-state index in [0.29, 0.717) is 5.56 Å². The molecule has 14 heavy (non-hydrogen) atoms. The number of rotatable bonds is 2. The fourth-order valence-electron chi connectivity index (χ4n) is 1.33. The van der Waals surface area contributed by atoms with Crippen LogP contribution < -0.4 is 0 Å². The molecule has 0 saturated heterocycles. The molecule has 0 unspecified atom stereocenters. The lowest BCUT2D eigenvalue weighted by atomic mass is 10.1. The molecule has 0 amide bonds. The number of aromatic nitrogens is 3. The molecule has 4 heteroatoms. The van der Waals surface area contributed by atoms with E-state index in [1.54, 1.807) is 17.2 Å². The third-order valence-electron chi connectivity index (χ3n) is 2.01. The number of hydrogen-bond donors (Lipinski definition) is 0. The van der Waals surface area contributed by atoms with E-state index in [1.807, 2.05) is 25.1 Å². The number of benzene rings is 1. The monoisotopic (exact) mass is 187 g/mol. The Hall–Kier alpha value is -1.97. The molecule has 0 radical (unpaired) electrons. The SMILES string of the molecule is Cc1ccc(-n2cnnc2)c(C=O)c1. The van der Waals surface area contributed by atoms with E-state index in [4.69, 9.17) is 0 Å². The zero-order valence-electron chi connectivity index (χ0n) is 7.71. The predicted molar refractivity (Wildman–Crippen MR) is 51.5 cm³/mol. The summed E-state index contributed by atoms with van der Waals surface area (Å²) in [4.78, 5) is 10.8. The van der Waals surface area contributed by atoms with Gasteiger partial charge < -0.3 is 0 Å². The van der Waals surface area contributed by atoms with Gasteiger partial charge in [0, 0.05) is 5.56 Å². The normalized spacial score (nSPS) is 10.1. The van der Waals surface area contributed by atoms with Crippen molar-refractivity contribution in [3.8, 4) is 5.69 Å². The summed E-state index contributed by atoms with van der Waals surface area (Å²) in [5.41, 5.74) is 2.50. The molecule has 0 aliphatic heterocycles. The van der Waals surface area contributed by atoms with Crippen molar-refractivity contribution in [3.05, 3.63) is 42.0 Å². The quantitative estimate of drug-likeness (QED) is 0.667. The Morgan fingerprint density at radius 3 is 2.64 bits per heavy atom. The van der Waals surface area contributed by atoms with Crippen LogP contribution in [0.15, 0.2) is 30.9 Å². The van der Waals surface area contributed by atoms with E-state index in [9.17, 15) is 4.79 Å². The fourth-order valence-corrected chi connectivity index (χ4v) is 1.33. The summed E-state index contributed by atoms with van der Waals surface area (Å²) >= 11 is 0. The third-order valence-corrected chi connectivity index (χ3v) is 2.01. The molecule has 0 saturated carbocycles. The summed E-state index contributed by atoms with van der Waals surface area (Å²) in [6, 6.07) is 5.66. The zero-order chi connectivity index (χ0) is 9.97. The Labute approximate surface area is 81.2 Å². The van der Waals surface area contributed by atoms with Crippen molar-refractivity contribution in [1.29, 1.82) is 0 Å². The molecular weight excluding hydrogens is 178 g/mol. The van der Waals surface area contributed by atoms with E-state index in [0.717, 1.165) is 17.5 Å². The van der Waals surface area contributed by atoms with E-state index in [1.165, 1.54) is 0 Å². The van der Waals surface area contributed by atoms with Gasteiger partial charge in [-0.25, -0.2) is 0 Å². The van der Waals surface area contributed by atoms with Gasteiger partial charge in [-0.05, 0) is 19.1 Å². The molecule has 70 valence electrons. The molecule has 4 nitrogen and oxygen atoms in total. The van der Waals surface area contributed by atoms with E-state index >= 15 is 0 Å². The van der Waals surface area contributed by atoms with Crippen molar-refractivity contribution in [2.45, 2.75) is 6.92 Å². The largest absolute Gasteiger partial charge is 0.298 e. The van der Waals surface area contributed by atoms with Crippen LogP contribution in [0.1, 0.15) is 15.9 Å². The average Bonchev–Trinajstić information content (AvgIpc) is 2.70. The summed E-state index contributed by atoms with van der Waals surface area (Å²) in [5, 5.41) is 7.39. The van der Waals surface area contributed by atoms with Crippen LogP contribution >= 0.6 is 0 Å². The average molecular weight is 187 g/mol. The van der Waals surface area contributed by atoms with Crippen LogP contribution in [0.5, 0.6) is 0 Å². The second-order valence-corrected chi connectivity index (χ2v) is 3.05. The number of carbonyl (C=O) groups excluding carboxylic acids is 1. The zero-order valence-corrected chi connectivity index (χ0v) is 7.71.